The van der Waals surface area contributed by atoms with E-state index in [2.05, 4.69) is 0 Å². The SMILES string of the molecule is CC1(C)OCC(COC(CO)c2ccccc2)O1. The van der Waals surface area contributed by atoms with Gasteiger partial charge in [0.15, 0.2) is 5.79 Å². The van der Waals surface area contributed by atoms with Crippen LogP contribution in [0.3, 0.4) is 0 Å². The van der Waals surface area contributed by atoms with Gasteiger partial charge < -0.3 is 19.3 Å². The summed E-state index contributed by atoms with van der Waals surface area (Å²) in [4.78, 5) is 0. The van der Waals surface area contributed by atoms with E-state index in [1.165, 1.54) is 0 Å². The lowest BCUT2D eigenvalue weighted by Crippen LogP contribution is -2.25. The van der Waals surface area contributed by atoms with E-state index >= 15 is 0 Å². The smallest absolute Gasteiger partial charge is 0.163 e. The molecule has 4 nitrogen and oxygen atoms in total. The van der Waals surface area contributed by atoms with E-state index in [-0.39, 0.29) is 18.8 Å². The third-order valence-electron chi connectivity index (χ3n) is 2.89. The molecule has 0 amide bonds. The first-order valence-electron chi connectivity index (χ1n) is 6.20. The summed E-state index contributed by atoms with van der Waals surface area (Å²) in [5.74, 6) is -0.532. The van der Waals surface area contributed by atoms with Crippen LogP contribution in [0.4, 0.5) is 0 Å². The van der Waals surface area contributed by atoms with E-state index in [9.17, 15) is 5.11 Å². The molecular formula is C14H20O4. The van der Waals surface area contributed by atoms with Gasteiger partial charge in [-0.25, -0.2) is 0 Å². The summed E-state index contributed by atoms with van der Waals surface area (Å²) in [7, 11) is 0. The third kappa shape index (κ3) is 3.53. The first-order chi connectivity index (χ1) is 8.61. The lowest BCUT2D eigenvalue weighted by Gasteiger charge is -2.20. The number of hydrogen-bond acceptors (Lipinski definition) is 4. The summed E-state index contributed by atoms with van der Waals surface area (Å²) in [6, 6.07) is 9.68. The molecule has 0 spiro atoms. The topological polar surface area (TPSA) is 47.9 Å². The van der Waals surface area contributed by atoms with Crippen molar-refractivity contribution in [2.24, 2.45) is 0 Å². The van der Waals surface area contributed by atoms with E-state index < -0.39 is 5.79 Å². The van der Waals surface area contributed by atoms with Crippen LogP contribution in [0.25, 0.3) is 0 Å². The van der Waals surface area contributed by atoms with E-state index in [0.717, 1.165) is 5.56 Å². The van der Waals surface area contributed by atoms with Gasteiger partial charge in [0.05, 0.1) is 19.8 Å². The van der Waals surface area contributed by atoms with Gasteiger partial charge in [-0.2, -0.15) is 0 Å². The van der Waals surface area contributed by atoms with Crippen LogP contribution in [-0.4, -0.2) is 36.8 Å². The molecule has 0 aromatic heterocycles. The van der Waals surface area contributed by atoms with Gasteiger partial charge in [-0.1, -0.05) is 30.3 Å². The first kappa shape index (κ1) is 13.5. The monoisotopic (exact) mass is 252 g/mol. The van der Waals surface area contributed by atoms with Crippen LogP contribution in [0.2, 0.25) is 0 Å². The largest absolute Gasteiger partial charge is 0.393 e. The first-order valence-corrected chi connectivity index (χ1v) is 6.20. The molecule has 1 fully saturated rings. The minimum absolute atomic E-state index is 0.0407. The fourth-order valence-electron chi connectivity index (χ4n) is 1.99. The molecule has 18 heavy (non-hydrogen) atoms. The Morgan fingerprint density at radius 3 is 2.67 bits per heavy atom. The normalized spacial score (nSPS) is 24.1. The van der Waals surface area contributed by atoms with Gasteiger partial charge >= 0.3 is 0 Å². The number of aliphatic hydroxyl groups is 1. The number of rotatable bonds is 5. The van der Waals surface area contributed by atoms with Gasteiger partial charge in [0, 0.05) is 0 Å². The van der Waals surface area contributed by atoms with Crippen LogP contribution in [0.1, 0.15) is 25.5 Å². The van der Waals surface area contributed by atoms with Crippen molar-refractivity contribution in [3.05, 3.63) is 35.9 Å². The Balaban J connectivity index is 1.85. The van der Waals surface area contributed by atoms with E-state index in [0.29, 0.717) is 13.2 Å². The summed E-state index contributed by atoms with van der Waals surface area (Å²) in [6.45, 7) is 4.67. The average Bonchev–Trinajstić information content (AvgIpc) is 2.71. The maximum Gasteiger partial charge on any atom is 0.163 e. The minimum Gasteiger partial charge on any atom is -0.393 e. The molecule has 1 aromatic rings. The highest BCUT2D eigenvalue weighted by Crippen LogP contribution is 2.24. The molecule has 2 rings (SSSR count). The standard InChI is InChI=1S/C14H20O4/c1-14(2)17-10-12(18-14)9-16-13(8-15)11-6-4-3-5-7-11/h3-7,12-13,15H,8-10H2,1-2H3. The molecule has 1 aromatic carbocycles. The van der Waals surface area contributed by atoms with Crippen molar-refractivity contribution in [3.8, 4) is 0 Å². The molecule has 0 bridgehead atoms. The quantitative estimate of drug-likeness (QED) is 0.869. The third-order valence-corrected chi connectivity index (χ3v) is 2.89. The highest BCUT2D eigenvalue weighted by Gasteiger charge is 2.33. The van der Waals surface area contributed by atoms with Crippen LogP contribution in [0, 0.1) is 0 Å². The molecule has 1 aliphatic rings. The summed E-state index contributed by atoms with van der Waals surface area (Å²) in [5.41, 5.74) is 0.971. The molecule has 2 atom stereocenters. The molecule has 1 N–H and O–H groups in total. The Morgan fingerprint density at radius 1 is 1.39 bits per heavy atom. The molecule has 100 valence electrons. The van der Waals surface area contributed by atoms with Crippen molar-refractivity contribution < 1.29 is 19.3 Å². The maximum absolute atomic E-state index is 9.36. The van der Waals surface area contributed by atoms with Crippen LogP contribution < -0.4 is 0 Å². The fraction of sp³-hybridized carbons (Fsp3) is 0.571. The summed E-state index contributed by atoms with van der Waals surface area (Å²) in [6.07, 6.45) is -0.378. The zero-order valence-electron chi connectivity index (χ0n) is 10.8. The van der Waals surface area contributed by atoms with Crippen LogP contribution in [0.5, 0.6) is 0 Å². The van der Waals surface area contributed by atoms with Gasteiger partial charge in [0.25, 0.3) is 0 Å². The van der Waals surface area contributed by atoms with Crippen molar-refractivity contribution in [1.29, 1.82) is 0 Å². The number of benzene rings is 1. The van der Waals surface area contributed by atoms with Gasteiger partial charge in [-0.15, -0.1) is 0 Å². The Kier molecular flexibility index (Phi) is 4.35. The summed E-state index contributed by atoms with van der Waals surface area (Å²) in [5, 5.41) is 9.36. The fourth-order valence-corrected chi connectivity index (χ4v) is 1.99. The van der Waals surface area contributed by atoms with Crippen molar-refractivity contribution in [1.82, 2.24) is 0 Å². The molecule has 0 radical (unpaired) electrons. The average molecular weight is 252 g/mol. The van der Waals surface area contributed by atoms with Crippen molar-refractivity contribution >= 4 is 0 Å². The predicted octanol–water partition coefficient (Wildman–Crippen LogP) is 1.89. The summed E-state index contributed by atoms with van der Waals surface area (Å²) >= 11 is 0. The van der Waals surface area contributed by atoms with Gasteiger partial charge in [0.1, 0.15) is 12.2 Å². The van der Waals surface area contributed by atoms with Crippen molar-refractivity contribution in [2.45, 2.75) is 31.8 Å². The second-order valence-corrected chi connectivity index (χ2v) is 4.87. The van der Waals surface area contributed by atoms with Gasteiger partial charge in [0.2, 0.25) is 0 Å². The molecule has 1 heterocycles. The van der Waals surface area contributed by atoms with Crippen molar-refractivity contribution in [3.63, 3.8) is 0 Å². The molecular weight excluding hydrogens is 232 g/mol. The summed E-state index contributed by atoms with van der Waals surface area (Å²) < 4.78 is 16.8. The van der Waals surface area contributed by atoms with Crippen LogP contribution >= 0.6 is 0 Å². The predicted molar refractivity (Wildman–Crippen MR) is 67.1 cm³/mol. The van der Waals surface area contributed by atoms with Crippen molar-refractivity contribution in [2.75, 3.05) is 19.8 Å². The Labute approximate surface area is 107 Å². The lowest BCUT2D eigenvalue weighted by atomic mass is 10.1. The van der Waals surface area contributed by atoms with Crippen LogP contribution in [0.15, 0.2) is 30.3 Å². The van der Waals surface area contributed by atoms with Gasteiger partial charge in [-0.05, 0) is 19.4 Å². The second-order valence-electron chi connectivity index (χ2n) is 4.87. The van der Waals surface area contributed by atoms with Gasteiger partial charge in [-0.3, -0.25) is 0 Å². The Hall–Kier alpha value is -0.940. The zero-order chi connectivity index (χ0) is 13.0. The zero-order valence-corrected chi connectivity index (χ0v) is 10.8. The molecule has 1 saturated heterocycles. The maximum atomic E-state index is 9.36. The number of ether oxygens (including phenoxy) is 3. The molecule has 1 aliphatic heterocycles. The second kappa shape index (κ2) is 5.80. The molecule has 4 heteroatoms. The molecule has 0 saturated carbocycles. The Morgan fingerprint density at radius 2 is 2.11 bits per heavy atom. The number of hydrogen-bond donors (Lipinski definition) is 1. The van der Waals surface area contributed by atoms with E-state index in [4.69, 9.17) is 14.2 Å². The highest BCUT2D eigenvalue weighted by molar-refractivity contribution is 5.17. The molecule has 2 unspecified atom stereocenters. The molecule has 0 aliphatic carbocycles. The number of aliphatic hydroxyl groups excluding tert-OH is 1. The Bertz CT molecular complexity index is 363. The highest BCUT2D eigenvalue weighted by atomic mass is 16.7. The van der Waals surface area contributed by atoms with Crippen LogP contribution in [-0.2, 0) is 14.2 Å². The minimum atomic E-state index is -0.532. The van der Waals surface area contributed by atoms with E-state index in [1.807, 2.05) is 44.2 Å². The lowest BCUT2D eigenvalue weighted by molar-refractivity contribution is -0.149. The van der Waals surface area contributed by atoms with E-state index in [1.54, 1.807) is 0 Å².